The van der Waals surface area contributed by atoms with Gasteiger partial charge in [-0.1, -0.05) is 30.8 Å². The molecule has 3 N–H and O–H groups in total. The number of carbonyl (C=O) groups excluding carboxylic acids is 1. The molecule has 0 unspecified atom stereocenters. The average molecular weight is 423 g/mol. The molecule has 8 heteroatoms. The lowest BCUT2D eigenvalue weighted by Crippen LogP contribution is -2.16. The summed E-state index contributed by atoms with van der Waals surface area (Å²) in [5.74, 6) is 0.210. The highest BCUT2D eigenvalue weighted by molar-refractivity contribution is 7.99. The van der Waals surface area contributed by atoms with Crippen LogP contribution in [0.3, 0.4) is 0 Å². The molecule has 7 nitrogen and oxygen atoms in total. The minimum absolute atomic E-state index is 0.00696. The summed E-state index contributed by atoms with van der Waals surface area (Å²) in [6, 6.07) is 17.0. The number of anilines is 2. The number of benzene rings is 3. The highest BCUT2D eigenvalue weighted by atomic mass is 32.2. The summed E-state index contributed by atoms with van der Waals surface area (Å²) in [6.07, 6.45) is 0.853. The first-order valence-corrected chi connectivity index (χ1v) is 10.0. The van der Waals surface area contributed by atoms with Crippen molar-refractivity contribution in [3.8, 4) is 5.75 Å². The monoisotopic (exact) mass is 423 g/mol. The zero-order chi connectivity index (χ0) is 21.7. The maximum absolute atomic E-state index is 13.1. The zero-order valence-corrected chi connectivity index (χ0v) is 17.4. The smallest absolute Gasteiger partial charge is 0.269 e. The number of ether oxygens (including phenoxy) is 1. The van der Waals surface area contributed by atoms with Gasteiger partial charge >= 0.3 is 0 Å². The Bertz CT molecular complexity index is 1080. The van der Waals surface area contributed by atoms with Gasteiger partial charge in [-0.25, -0.2) is 0 Å². The summed E-state index contributed by atoms with van der Waals surface area (Å²) in [5, 5.41) is 13.7. The Morgan fingerprint density at radius 2 is 1.90 bits per heavy atom. The van der Waals surface area contributed by atoms with Gasteiger partial charge in [-0.15, -0.1) is 0 Å². The maximum Gasteiger partial charge on any atom is 0.269 e. The van der Waals surface area contributed by atoms with E-state index in [1.54, 1.807) is 43.5 Å². The van der Waals surface area contributed by atoms with Crippen molar-refractivity contribution in [3.05, 3.63) is 81.9 Å². The van der Waals surface area contributed by atoms with E-state index in [1.807, 2.05) is 19.1 Å². The van der Waals surface area contributed by atoms with E-state index < -0.39 is 4.92 Å². The topological polar surface area (TPSA) is 107 Å². The molecule has 3 rings (SSSR count). The van der Waals surface area contributed by atoms with Gasteiger partial charge in [-0.2, -0.15) is 0 Å². The van der Waals surface area contributed by atoms with Gasteiger partial charge in [0.2, 0.25) is 0 Å². The first-order chi connectivity index (χ1) is 14.4. The first kappa shape index (κ1) is 21.2. The molecule has 154 valence electrons. The average Bonchev–Trinajstić information content (AvgIpc) is 2.74. The normalized spacial score (nSPS) is 10.5. The van der Waals surface area contributed by atoms with Gasteiger partial charge in [-0.3, -0.25) is 14.9 Å². The van der Waals surface area contributed by atoms with Crippen LogP contribution in [-0.4, -0.2) is 17.9 Å². The lowest BCUT2D eigenvalue weighted by Gasteiger charge is -2.15. The molecule has 30 heavy (non-hydrogen) atoms. The Morgan fingerprint density at radius 3 is 2.53 bits per heavy atom. The second-order valence-corrected chi connectivity index (χ2v) is 7.53. The van der Waals surface area contributed by atoms with Crippen molar-refractivity contribution in [1.29, 1.82) is 0 Å². The molecule has 0 aliphatic rings. The number of rotatable bonds is 7. The molecule has 0 bridgehead atoms. The maximum atomic E-state index is 13.1. The molecule has 0 radical (unpaired) electrons. The molecule has 0 saturated carbocycles. The van der Waals surface area contributed by atoms with Crippen molar-refractivity contribution in [2.75, 3.05) is 18.2 Å². The third-order valence-electron chi connectivity index (χ3n) is 4.48. The van der Waals surface area contributed by atoms with Crippen molar-refractivity contribution in [1.82, 2.24) is 0 Å². The van der Waals surface area contributed by atoms with Crippen LogP contribution in [0.2, 0.25) is 0 Å². The summed E-state index contributed by atoms with van der Waals surface area (Å²) in [5.41, 5.74) is 8.44. The number of hydrogen-bond acceptors (Lipinski definition) is 6. The van der Waals surface area contributed by atoms with Crippen molar-refractivity contribution >= 4 is 34.7 Å². The van der Waals surface area contributed by atoms with Gasteiger partial charge in [0.15, 0.2) is 0 Å². The van der Waals surface area contributed by atoms with Gasteiger partial charge in [0.05, 0.1) is 23.3 Å². The third-order valence-corrected chi connectivity index (χ3v) is 5.55. The zero-order valence-electron chi connectivity index (χ0n) is 16.5. The minimum atomic E-state index is -0.453. The first-order valence-electron chi connectivity index (χ1n) is 9.22. The van der Waals surface area contributed by atoms with Crippen LogP contribution < -0.4 is 15.8 Å². The number of methoxy groups -OCH3 is 1. The fourth-order valence-corrected chi connectivity index (χ4v) is 3.87. The number of amides is 1. The second kappa shape index (κ2) is 9.32. The number of carbonyl (C=O) groups is 1. The number of hydrogen-bond donors (Lipinski definition) is 2. The molecule has 0 aliphatic heterocycles. The largest absolute Gasteiger partial charge is 0.495 e. The second-order valence-electron chi connectivity index (χ2n) is 6.42. The van der Waals surface area contributed by atoms with E-state index in [0.29, 0.717) is 27.6 Å². The Labute approximate surface area is 178 Å². The van der Waals surface area contributed by atoms with Crippen molar-refractivity contribution in [2.45, 2.75) is 23.1 Å². The summed E-state index contributed by atoms with van der Waals surface area (Å²) < 4.78 is 5.41. The Balaban J connectivity index is 1.89. The number of aryl methyl sites for hydroxylation is 1. The fraction of sp³-hybridized carbons (Fsp3) is 0.136. The van der Waals surface area contributed by atoms with Crippen LogP contribution >= 0.6 is 11.8 Å². The summed E-state index contributed by atoms with van der Waals surface area (Å²) in [7, 11) is 1.55. The van der Waals surface area contributed by atoms with Crippen LogP contribution in [0, 0.1) is 10.1 Å². The van der Waals surface area contributed by atoms with Crippen molar-refractivity contribution in [3.63, 3.8) is 0 Å². The van der Waals surface area contributed by atoms with E-state index in [-0.39, 0.29) is 11.6 Å². The van der Waals surface area contributed by atoms with Crippen LogP contribution in [0.15, 0.2) is 70.5 Å². The molecule has 1 amide bonds. The van der Waals surface area contributed by atoms with E-state index in [9.17, 15) is 14.9 Å². The van der Waals surface area contributed by atoms with E-state index >= 15 is 0 Å². The van der Waals surface area contributed by atoms with E-state index in [4.69, 9.17) is 10.5 Å². The van der Waals surface area contributed by atoms with Crippen molar-refractivity contribution < 1.29 is 14.5 Å². The molecule has 0 heterocycles. The van der Waals surface area contributed by atoms with Crippen molar-refractivity contribution in [2.24, 2.45) is 0 Å². The van der Waals surface area contributed by atoms with E-state index in [0.717, 1.165) is 16.9 Å². The standard InChI is InChI=1S/C22H21N3O4S/c1-3-14-7-12-18(19(13-14)29-2)24-22(26)21-17(23)5-4-6-20(21)30-16-10-8-15(9-11-16)25(27)28/h4-13H,3,23H2,1-2H3,(H,24,26). The lowest BCUT2D eigenvalue weighted by molar-refractivity contribution is -0.384. The summed E-state index contributed by atoms with van der Waals surface area (Å²) >= 11 is 1.31. The van der Waals surface area contributed by atoms with Gasteiger partial charge in [0, 0.05) is 27.6 Å². The molecule has 0 aliphatic carbocycles. The van der Waals surface area contributed by atoms with Crippen LogP contribution in [0.5, 0.6) is 5.75 Å². The number of nitrogens with one attached hydrogen (secondary N) is 1. The molecule has 0 saturated heterocycles. The van der Waals surface area contributed by atoms with Gasteiger partial charge in [0.1, 0.15) is 5.75 Å². The molecule has 0 spiro atoms. The highest BCUT2D eigenvalue weighted by Gasteiger charge is 2.18. The van der Waals surface area contributed by atoms with E-state index in [1.165, 1.54) is 23.9 Å². The number of nitro groups is 1. The molecular weight excluding hydrogens is 402 g/mol. The van der Waals surface area contributed by atoms with Crippen LogP contribution in [0.4, 0.5) is 17.1 Å². The third kappa shape index (κ3) is 4.72. The lowest BCUT2D eigenvalue weighted by atomic mass is 10.1. The summed E-state index contributed by atoms with van der Waals surface area (Å²) in [4.78, 5) is 24.9. The fourth-order valence-electron chi connectivity index (χ4n) is 2.88. The van der Waals surface area contributed by atoms with Gasteiger partial charge in [-0.05, 0) is 48.4 Å². The quantitative estimate of drug-likeness (QED) is 0.309. The molecular formula is C22H21N3O4S. The SMILES string of the molecule is CCc1ccc(NC(=O)c2c(N)cccc2Sc2ccc([N+](=O)[O-])cc2)c(OC)c1. The summed E-state index contributed by atoms with van der Waals surface area (Å²) in [6.45, 7) is 2.04. The van der Waals surface area contributed by atoms with Crippen LogP contribution in [-0.2, 0) is 6.42 Å². The number of nitrogen functional groups attached to an aromatic ring is 1. The number of nitro benzene ring substituents is 1. The number of non-ortho nitro benzene ring substituents is 1. The van der Waals surface area contributed by atoms with Crippen LogP contribution in [0.25, 0.3) is 0 Å². The molecule has 0 atom stereocenters. The highest BCUT2D eigenvalue weighted by Crippen LogP contribution is 2.35. The predicted molar refractivity (Wildman–Crippen MR) is 118 cm³/mol. The predicted octanol–water partition coefficient (Wildman–Crippen LogP) is 5.15. The molecule has 3 aromatic rings. The molecule has 3 aromatic carbocycles. The Kier molecular flexibility index (Phi) is 6.58. The molecule has 0 fully saturated rings. The van der Waals surface area contributed by atoms with E-state index in [2.05, 4.69) is 5.32 Å². The number of nitrogens with zero attached hydrogens (tertiary/aromatic N) is 1. The Morgan fingerprint density at radius 1 is 1.17 bits per heavy atom. The van der Waals surface area contributed by atoms with Gasteiger partial charge in [0.25, 0.3) is 11.6 Å². The van der Waals surface area contributed by atoms with Gasteiger partial charge < -0.3 is 15.8 Å². The molecule has 0 aromatic heterocycles. The number of nitrogens with two attached hydrogens (primary N) is 1. The minimum Gasteiger partial charge on any atom is -0.495 e. The Hall–Kier alpha value is -3.52. The van der Waals surface area contributed by atoms with Crippen LogP contribution in [0.1, 0.15) is 22.8 Å².